The van der Waals surface area contributed by atoms with Crippen molar-refractivity contribution >= 4 is 16.7 Å². The van der Waals surface area contributed by atoms with E-state index < -0.39 is 5.97 Å². The van der Waals surface area contributed by atoms with Crippen LogP contribution in [-0.2, 0) is 9.53 Å². The molecule has 2 aromatic carbocycles. The van der Waals surface area contributed by atoms with Crippen LogP contribution in [0.4, 0.5) is 0 Å². The fourth-order valence-corrected chi connectivity index (χ4v) is 1.80. The maximum atomic E-state index is 11.9. The summed E-state index contributed by atoms with van der Waals surface area (Å²) in [6, 6.07) is 13.3. The maximum absolute atomic E-state index is 11.9. The number of carbonyl (C=O) groups excluding carboxylic acids is 1. The zero-order valence-corrected chi connectivity index (χ0v) is 11.3. The Morgan fingerprint density at radius 1 is 1.15 bits per heavy atom. The lowest BCUT2D eigenvalue weighted by atomic mass is 10.1. The number of ether oxygens (including phenoxy) is 2. The maximum Gasteiger partial charge on any atom is 0.340 e. The predicted molar refractivity (Wildman–Crippen MR) is 78.1 cm³/mol. The fourth-order valence-electron chi connectivity index (χ4n) is 1.80. The van der Waals surface area contributed by atoms with Crippen LogP contribution in [0, 0.1) is 11.8 Å². The first kappa shape index (κ1) is 13.7. The van der Waals surface area contributed by atoms with Crippen molar-refractivity contribution in [1.82, 2.24) is 0 Å². The molecule has 20 heavy (non-hydrogen) atoms. The second kappa shape index (κ2) is 6.44. The van der Waals surface area contributed by atoms with Crippen molar-refractivity contribution in [1.29, 1.82) is 0 Å². The minimum Gasteiger partial charge on any atom is -0.488 e. The van der Waals surface area contributed by atoms with Crippen molar-refractivity contribution < 1.29 is 14.3 Å². The largest absolute Gasteiger partial charge is 0.488 e. The molecule has 0 spiro atoms. The third-order valence-electron chi connectivity index (χ3n) is 2.68. The average Bonchev–Trinajstić information content (AvgIpc) is 2.47. The monoisotopic (exact) mass is 266 g/mol. The van der Waals surface area contributed by atoms with Crippen LogP contribution in [0.5, 0.6) is 5.75 Å². The van der Waals surface area contributed by atoms with E-state index in [0.717, 1.165) is 10.8 Å². The Bertz CT molecular complexity index is 712. The molecular formula is C17H14O3. The van der Waals surface area contributed by atoms with Crippen molar-refractivity contribution in [2.45, 2.75) is 6.92 Å². The summed E-state index contributed by atoms with van der Waals surface area (Å²) < 4.78 is 10.3. The van der Waals surface area contributed by atoms with Gasteiger partial charge in [-0.3, -0.25) is 0 Å². The molecule has 0 atom stereocenters. The Kier molecular flexibility index (Phi) is 4.41. The van der Waals surface area contributed by atoms with E-state index in [1.165, 1.54) is 13.2 Å². The van der Waals surface area contributed by atoms with Crippen LogP contribution < -0.4 is 4.74 Å². The van der Waals surface area contributed by atoms with Gasteiger partial charge >= 0.3 is 5.97 Å². The van der Waals surface area contributed by atoms with Crippen molar-refractivity contribution in [2.24, 2.45) is 0 Å². The second-order valence-corrected chi connectivity index (χ2v) is 3.99. The molecule has 100 valence electrons. The number of carbonyl (C=O) groups is 1. The van der Waals surface area contributed by atoms with E-state index >= 15 is 0 Å². The molecule has 3 nitrogen and oxygen atoms in total. The Hall–Kier alpha value is -2.73. The van der Waals surface area contributed by atoms with Gasteiger partial charge in [0.25, 0.3) is 0 Å². The SMILES string of the molecule is CC#C/C(=C/C(=O)Oc1cccc2ccccc12)OC. The van der Waals surface area contributed by atoms with Crippen molar-refractivity contribution in [3.63, 3.8) is 0 Å². The Morgan fingerprint density at radius 2 is 1.90 bits per heavy atom. The third-order valence-corrected chi connectivity index (χ3v) is 2.68. The summed E-state index contributed by atoms with van der Waals surface area (Å²) in [4.78, 5) is 11.9. The highest BCUT2D eigenvalue weighted by Gasteiger charge is 2.07. The van der Waals surface area contributed by atoms with E-state index in [4.69, 9.17) is 9.47 Å². The first-order chi connectivity index (χ1) is 9.74. The number of benzene rings is 2. The molecule has 0 unspecified atom stereocenters. The van der Waals surface area contributed by atoms with Gasteiger partial charge in [0.15, 0.2) is 5.76 Å². The lowest BCUT2D eigenvalue weighted by Gasteiger charge is -2.06. The standard InChI is InChI=1S/C17H14O3/c1-3-7-14(19-2)12-17(18)20-16-11-6-9-13-8-4-5-10-15(13)16/h4-6,8-12H,1-2H3/b14-12-. The number of allylic oxidation sites excluding steroid dienone is 1. The highest BCUT2D eigenvalue weighted by atomic mass is 16.5. The van der Waals surface area contributed by atoms with E-state index in [0.29, 0.717) is 5.75 Å². The summed E-state index contributed by atoms with van der Waals surface area (Å²) in [5.41, 5.74) is 0. The summed E-state index contributed by atoms with van der Waals surface area (Å²) in [5.74, 6) is 5.62. The van der Waals surface area contributed by atoms with Crippen molar-refractivity contribution in [2.75, 3.05) is 7.11 Å². The van der Waals surface area contributed by atoms with Crippen LogP contribution in [0.3, 0.4) is 0 Å². The first-order valence-electron chi connectivity index (χ1n) is 6.12. The summed E-state index contributed by atoms with van der Waals surface area (Å²) >= 11 is 0. The molecule has 3 heteroatoms. The molecular weight excluding hydrogens is 252 g/mol. The van der Waals surface area contributed by atoms with Gasteiger partial charge in [-0.15, -0.1) is 0 Å². The van der Waals surface area contributed by atoms with Crippen LogP contribution in [0.1, 0.15) is 6.92 Å². The molecule has 0 bridgehead atoms. The minimum atomic E-state index is -0.513. The summed E-state index contributed by atoms with van der Waals surface area (Å²) in [5, 5.41) is 1.90. The van der Waals surface area contributed by atoms with Gasteiger partial charge in [0.05, 0.1) is 13.2 Å². The Labute approximate surface area is 117 Å². The molecule has 0 aliphatic rings. The first-order valence-corrected chi connectivity index (χ1v) is 6.12. The van der Waals surface area contributed by atoms with E-state index in [2.05, 4.69) is 11.8 Å². The van der Waals surface area contributed by atoms with Crippen molar-refractivity contribution in [3.05, 3.63) is 54.3 Å². The average molecular weight is 266 g/mol. The molecule has 2 rings (SSSR count). The summed E-state index contributed by atoms with van der Waals surface area (Å²) in [7, 11) is 1.46. The van der Waals surface area contributed by atoms with E-state index in [-0.39, 0.29) is 5.76 Å². The Morgan fingerprint density at radius 3 is 2.65 bits per heavy atom. The van der Waals surface area contributed by atoms with Gasteiger partial charge < -0.3 is 9.47 Å². The Balaban J connectivity index is 2.28. The van der Waals surface area contributed by atoms with E-state index in [9.17, 15) is 4.79 Å². The number of methoxy groups -OCH3 is 1. The highest BCUT2D eigenvalue weighted by molar-refractivity contribution is 5.92. The topological polar surface area (TPSA) is 35.5 Å². The van der Waals surface area contributed by atoms with Gasteiger partial charge in [0.1, 0.15) is 5.75 Å². The predicted octanol–water partition coefficient (Wildman–Crippen LogP) is 3.30. The van der Waals surface area contributed by atoms with Gasteiger partial charge in [0, 0.05) is 5.39 Å². The van der Waals surface area contributed by atoms with Crippen LogP contribution in [0.25, 0.3) is 10.8 Å². The third kappa shape index (κ3) is 3.18. The van der Waals surface area contributed by atoms with Gasteiger partial charge in [-0.2, -0.15) is 0 Å². The van der Waals surface area contributed by atoms with E-state index in [1.54, 1.807) is 13.0 Å². The number of fused-ring (bicyclic) bond motifs is 1. The smallest absolute Gasteiger partial charge is 0.340 e. The van der Waals surface area contributed by atoms with Crippen LogP contribution in [0.15, 0.2) is 54.3 Å². The normalized spacial score (nSPS) is 10.6. The number of hydrogen-bond acceptors (Lipinski definition) is 3. The number of hydrogen-bond donors (Lipinski definition) is 0. The molecule has 0 aliphatic carbocycles. The van der Waals surface area contributed by atoms with Crippen LogP contribution in [0.2, 0.25) is 0 Å². The molecule has 2 aromatic rings. The van der Waals surface area contributed by atoms with Gasteiger partial charge in [-0.25, -0.2) is 4.79 Å². The van der Waals surface area contributed by atoms with Crippen molar-refractivity contribution in [3.8, 4) is 17.6 Å². The van der Waals surface area contributed by atoms with Crippen LogP contribution >= 0.6 is 0 Å². The van der Waals surface area contributed by atoms with Crippen LogP contribution in [-0.4, -0.2) is 13.1 Å². The number of rotatable bonds is 3. The molecule has 0 aromatic heterocycles. The molecule has 0 N–H and O–H groups in total. The quantitative estimate of drug-likeness (QED) is 0.281. The number of esters is 1. The van der Waals surface area contributed by atoms with E-state index in [1.807, 2.05) is 36.4 Å². The molecule has 0 heterocycles. The zero-order valence-electron chi connectivity index (χ0n) is 11.3. The molecule has 0 amide bonds. The van der Waals surface area contributed by atoms with Gasteiger partial charge in [-0.1, -0.05) is 42.3 Å². The minimum absolute atomic E-state index is 0.276. The second-order valence-electron chi connectivity index (χ2n) is 3.99. The highest BCUT2D eigenvalue weighted by Crippen LogP contribution is 2.25. The zero-order chi connectivity index (χ0) is 14.4. The van der Waals surface area contributed by atoms with Gasteiger partial charge in [0.2, 0.25) is 0 Å². The molecule has 0 saturated heterocycles. The summed E-state index contributed by atoms with van der Waals surface area (Å²) in [6.07, 6.45) is 1.23. The molecule has 0 radical (unpaired) electrons. The molecule has 0 fully saturated rings. The molecule has 0 saturated carbocycles. The van der Waals surface area contributed by atoms with Gasteiger partial charge in [-0.05, 0) is 24.3 Å². The lowest BCUT2D eigenvalue weighted by Crippen LogP contribution is -2.06. The summed E-state index contributed by atoms with van der Waals surface area (Å²) in [6.45, 7) is 1.67. The fraction of sp³-hybridized carbons (Fsp3) is 0.118. The lowest BCUT2D eigenvalue weighted by molar-refractivity contribution is -0.129. The molecule has 0 aliphatic heterocycles.